The molecule has 1 aliphatic carbocycles. The summed E-state index contributed by atoms with van der Waals surface area (Å²) in [5.74, 6) is 1.42. The number of urea groups is 1. The molecule has 3 amide bonds. The lowest BCUT2D eigenvalue weighted by Gasteiger charge is -2.26. The molecular weight excluding hydrogens is 510 g/mol. The fraction of sp³-hybridized carbons (Fsp3) is 0.483. The van der Waals surface area contributed by atoms with Crippen LogP contribution >= 0.6 is 12.6 Å². The van der Waals surface area contributed by atoms with Crippen LogP contribution in [0.5, 0.6) is 0 Å². The van der Waals surface area contributed by atoms with Gasteiger partial charge in [0.25, 0.3) is 0 Å². The van der Waals surface area contributed by atoms with Gasteiger partial charge in [0.2, 0.25) is 5.91 Å². The van der Waals surface area contributed by atoms with E-state index in [-0.39, 0.29) is 23.9 Å². The number of carbonyl (C=O) groups excluding carboxylic acids is 2. The third kappa shape index (κ3) is 8.05. The highest BCUT2D eigenvalue weighted by atomic mass is 32.1. The topological polar surface area (TPSA) is 116 Å². The first-order chi connectivity index (χ1) is 18.9. The van der Waals surface area contributed by atoms with Gasteiger partial charge in [-0.05, 0) is 52.3 Å². The maximum absolute atomic E-state index is 13.2. The molecule has 4 rings (SSSR count). The molecule has 0 radical (unpaired) electrons. The monoisotopic (exact) mass is 549 g/mol. The van der Waals surface area contributed by atoms with Crippen LogP contribution in [0.2, 0.25) is 0 Å². The number of benzene rings is 2. The van der Waals surface area contributed by atoms with Crippen molar-refractivity contribution in [3.63, 3.8) is 0 Å². The smallest absolute Gasteiger partial charge is 0.317 e. The molecule has 0 aliphatic heterocycles. The first kappa shape index (κ1) is 28.6. The largest absolute Gasteiger partial charge is 0.354 e. The highest BCUT2D eigenvalue weighted by Crippen LogP contribution is 2.30. The van der Waals surface area contributed by atoms with Gasteiger partial charge in [0.15, 0.2) is 5.82 Å². The summed E-state index contributed by atoms with van der Waals surface area (Å²) in [5.41, 5.74) is 3.98. The molecular formula is C29H39N7O2S. The van der Waals surface area contributed by atoms with E-state index in [4.69, 9.17) is 0 Å². The lowest BCUT2D eigenvalue weighted by Crippen LogP contribution is -2.47. The molecule has 0 saturated heterocycles. The number of tetrazole rings is 1. The van der Waals surface area contributed by atoms with Crippen LogP contribution in [0.25, 0.3) is 22.5 Å². The fourth-order valence-electron chi connectivity index (χ4n) is 5.11. The molecule has 0 spiro atoms. The number of rotatable bonds is 12. The number of nitrogens with zero attached hydrogens (tertiary/aromatic N) is 4. The minimum absolute atomic E-state index is 0.000161. The number of aromatic amines is 1. The minimum atomic E-state index is -0.128. The number of nitrogens with one attached hydrogen (secondary N) is 3. The number of carbonyl (C=O) groups is 2. The van der Waals surface area contributed by atoms with Crippen molar-refractivity contribution in [3.8, 4) is 22.5 Å². The van der Waals surface area contributed by atoms with Crippen LogP contribution in [0, 0.1) is 11.8 Å². The second-order valence-electron chi connectivity index (χ2n) is 10.6. The average Bonchev–Trinajstić information content (AvgIpc) is 3.66. The Morgan fingerprint density at radius 1 is 1.08 bits per heavy atom. The molecule has 3 aromatic rings. The van der Waals surface area contributed by atoms with E-state index in [0.29, 0.717) is 37.1 Å². The van der Waals surface area contributed by atoms with Gasteiger partial charge < -0.3 is 15.5 Å². The number of hydrogen-bond donors (Lipinski definition) is 4. The van der Waals surface area contributed by atoms with Crippen LogP contribution in [0.4, 0.5) is 4.79 Å². The van der Waals surface area contributed by atoms with Crippen molar-refractivity contribution in [2.24, 2.45) is 11.8 Å². The lowest BCUT2D eigenvalue weighted by molar-refractivity contribution is -0.124. The predicted molar refractivity (Wildman–Crippen MR) is 156 cm³/mol. The Kier molecular flexibility index (Phi) is 10.4. The van der Waals surface area contributed by atoms with Crippen molar-refractivity contribution in [2.75, 3.05) is 18.8 Å². The van der Waals surface area contributed by atoms with E-state index < -0.39 is 0 Å². The fourth-order valence-corrected chi connectivity index (χ4v) is 5.42. The van der Waals surface area contributed by atoms with Crippen molar-refractivity contribution >= 4 is 24.6 Å². The molecule has 9 nitrogen and oxygen atoms in total. The Morgan fingerprint density at radius 3 is 2.44 bits per heavy atom. The second kappa shape index (κ2) is 14.1. The zero-order valence-corrected chi connectivity index (χ0v) is 23.7. The van der Waals surface area contributed by atoms with Gasteiger partial charge in [0.1, 0.15) is 0 Å². The van der Waals surface area contributed by atoms with Gasteiger partial charge in [-0.15, -0.1) is 5.10 Å². The molecule has 0 bridgehead atoms. The molecule has 1 unspecified atom stereocenters. The van der Waals surface area contributed by atoms with E-state index in [1.807, 2.05) is 36.4 Å². The molecule has 10 heteroatoms. The summed E-state index contributed by atoms with van der Waals surface area (Å²) in [5, 5.41) is 20.5. The van der Waals surface area contributed by atoms with Crippen LogP contribution in [0.1, 0.15) is 51.5 Å². The summed E-state index contributed by atoms with van der Waals surface area (Å²) in [6, 6.07) is 16.3. The normalized spacial score (nSPS) is 14.4. The Morgan fingerprint density at radius 2 is 1.79 bits per heavy atom. The van der Waals surface area contributed by atoms with E-state index in [0.717, 1.165) is 54.4 Å². The third-order valence-electron chi connectivity index (χ3n) is 7.16. The van der Waals surface area contributed by atoms with Crippen molar-refractivity contribution in [1.29, 1.82) is 0 Å². The van der Waals surface area contributed by atoms with Crippen molar-refractivity contribution in [1.82, 2.24) is 36.2 Å². The number of thiol groups is 1. The zero-order chi connectivity index (χ0) is 27.6. The van der Waals surface area contributed by atoms with Crippen LogP contribution < -0.4 is 10.6 Å². The quantitative estimate of drug-likeness (QED) is 0.245. The predicted octanol–water partition coefficient (Wildman–Crippen LogP) is 4.70. The van der Waals surface area contributed by atoms with E-state index in [1.54, 1.807) is 4.90 Å². The van der Waals surface area contributed by atoms with Gasteiger partial charge in [0.05, 0.1) is 0 Å². The molecule has 39 heavy (non-hydrogen) atoms. The Labute approximate surface area is 235 Å². The van der Waals surface area contributed by atoms with Gasteiger partial charge in [0, 0.05) is 42.9 Å². The third-order valence-corrected chi connectivity index (χ3v) is 7.60. The summed E-state index contributed by atoms with van der Waals surface area (Å²) in [4.78, 5) is 27.7. The number of aromatic nitrogens is 4. The Hall–Kier alpha value is -3.40. The molecule has 1 fully saturated rings. The van der Waals surface area contributed by atoms with Crippen LogP contribution in [-0.2, 0) is 11.3 Å². The summed E-state index contributed by atoms with van der Waals surface area (Å²) < 4.78 is 0. The van der Waals surface area contributed by atoms with Crippen molar-refractivity contribution in [2.45, 2.75) is 58.5 Å². The summed E-state index contributed by atoms with van der Waals surface area (Å²) >= 11 is 4.37. The summed E-state index contributed by atoms with van der Waals surface area (Å²) in [7, 11) is 0. The first-order valence-electron chi connectivity index (χ1n) is 13.8. The molecule has 1 atom stereocenters. The second-order valence-corrected chi connectivity index (χ2v) is 11.0. The van der Waals surface area contributed by atoms with Crippen molar-refractivity contribution in [3.05, 3.63) is 54.1 Å². The van der Waals surface area contributed by atoms with Crippen LogP contribution in [0.15, 0.2) is 48.5 Å². The highest BCUT2D eigenvalue weighted by Gasteiger charge is 2.22. The van der Waals surface area contributed by atoms with Gasteiger partial charge >= 0.3 is 6.03 Å². The maximum Gasteiger partial charge on any atom is 0.317 e. The SMILES string of the molecule is CC(C)CC(CS)C(=O)NCCN(Cc1ccc(-c2ccccc2-c2nnn[nH]2)cc1)C(=O)NC1CCCC1. The van der Waals surface area contributed by atoms with Gasteiger partial charge in [-0.25, -0.2) is 9.89 Å². The van der Waals surface area contributed by atoms with E-state index >= 15 is 0 Å². The number of H-pyrrole nitrogens is 1. The highest BCUT2D eigenvalue weighted by molar-refractivity contribution is 7.80. The summed E-state index contributed by atoms with van der Waals surface area (Å²) in [6.45, 7) is 5.48. The molecule has 3 N–H and O–H groups in total. The van der Waals surface area contributed by atoms with Crippen LogP contribution in [0.3, 0.4) is 0 Å². The standard InChI is InChI=1S/C29H39N7O2S/c1-20(2)17-23(19-39)28(37)30-15-16-36(29(38)31-24-7-3-4-8-24)18-21-11-13-22(14-12-21)25-9-5-6-10-26(25)27-32-34-35-33-27/h5-6,9-14,20,23-24,39H,3-4,7-8,15-19H2,1-2H3,(H,30,37)(H,31,38)(H,32,33,34,35). The molecule has 1 heterocycles. The van der Waals surface area contributed by atoms with Crippen molar-refractivity contribution < 1.29 is 9.59 Å². The molecule has 1 aromatic heterocycles. The summed E-state index contributed by atoms with van der Waals surface area (Å²) in [6.07, 6.45) is 5.13. The average molecular weight is 550 g/mol. The number of amides is 3. The first-order valence-corrected chi connectivity index (χ1v) is 14.4. The maximum atomic E-state index is 13.2. The van der Waals surface area contributed by atoms with Crippen LogP contribution in [-0.4, -0.2) is 62.3 Å². The Bertz CT molecular complexity index is 1190. The number of hydrogen-bond acceptors (Lipinski definition) is 6. The lowest BCUT2D eigenvalue weighted by atomic mass is 9.98. The zero-order valence-electron chi connectivity index (χ0n) is 22.8. The molecule has 1 saturated carbocycles. The van der Waals surface area contributed by atoms with E-state index in [9.17, 15) is 9.59 Å². The van der Waals surface area contributed by atoms with E-state index in [1.165, 1.54) is 0 Å². The van der Waals surface area contributed by atoms with Gasteiger partial charge in [-0.2, -0.15) is 12.6 Å². The molecule has 2 aromatic carbocycles. The van der Waals surface area contributed by atoms with Gasteiger partial charge in [-0.1, -0.05) is 75.2 Å². The van der Waals surface area contributed by atoms with Gasteiger partial charge in [-0.3, -0.25) is 4.79 Å². The Balaban J connectivity index is 1.43. The van der Waals surface area contributed by atoms with E-state index in [2.05, 4.69) is 69.9 Å². The molecule has 1 aliphatic rings. The minimum Gasteiger partial charge on any atom is -0.354 e. The molecule has 208 valence electrons.